The Bertz CT molecular complexity index is 2180. The summed E-state index contributed by atoms with van der Waals surface area (Å²) in [7, 11) is 0. The lowest BCUT2D eigenvalue weighted by Crippen LogP contribution is -2.33. The van der Waals surface area contributed by atoms with E-state index in [-0.39, 0.29) is 42.0 Å². The fourth-order valence-corrected chi connectivity index (χ4v) is 9.48. The molecule has 6 aromatic carbocycles. The van der Waals surface area contributed by atoms with Gasteiger partial charge in [0.05, 0.1) is 0 Å². The fraction of sp³-hybridized carbons (Fsp3) is 0.265. The molecule has 0 saturated carbocycles. The minimum atomic E-state index is -0.143. The molecule has 3 heteroatoms. The van der Waals surface area contributed by atoms with Crippen molar-refractivity contribution in [2.24, 2.45) is 17.8 Å². The Morgan fingerprint density at radius 3 is 1.21 bits per heavy atom. The Morgan fingerprint density at radius 1 is 0.327 bits per heavy atom. The zero-order valence-electron chi connectivity index (χ0n) is 30.4. The Labute approximate surface area is 308 Å². The van der Waals surface area contributed by atoms with Crippen LogP contribution in [0.4, 0.5) is 0 Å². The maximum Gasteiger partial charge on any atom is 0.127 e. The van der Waals surface area contributed by atoms with E-state index in [0.29, 0.717) is 11.8 Å². The maximum atomic E-state index is 7.36. The van der Waals surface area contributed by atoms with Crippen LogP contribution in [-0.2, 0) is 0 Å². The summed E-state index contributed by atoms with van der Waals surface area (Å²) in [6.45, 7) is 9.39. The van der Waals surface area contributed by atoms with Gasteiger partial charge >= 0.3 is 0 Å². The monoisotopic (exact) mass is 682 g/mol. The van der Waals surface area contributed by atoms with Crippen molar-refractivity contribution in [3.8, 4) is 17.2 Å². The third-order valence-electron chi connectivity index (χ3n) is 12.3. The van der Waals surface area contributed by atoms with Gasteiger partial charge in [0, 0.05) is 51.8 Å². The summed E-state index contributed by atoms with van der Waals surface area (Å²) in [5.74, 6) is 4.07. The van der Waals surface area contributed by atoms with Crippen LogP contribution in [0, 0.1) is 17.8 Å². The first kappa shape index (κ1) is 32.6. The van der Waals surface area contributed by atoms with Crippen molar-refractivity contribution >= 4 is 0 Å². The minimum absolute atomic E-state index is 0.0229. The van der Waals surface area contributed by atoms with Gasteiger partial charge in [0.25, 0.3) is 0 Å². The number of hydrogen-bond acceptors (Lipinski definition) is 3. The SMILES string of the molecule is C[C@H]1c2cccc([C@H]3c4cccc([C@H]5c6ccccc6OC(c6ccccc6)[C@@H]5C)c4OC(c4ccccc4)[C@@H]3C)c2OC(c2ccccc2)[C@@H]1C. The third kappa shape index (κ3) is 5.41. The van der Waals surface area contributed by atoms with Crippen LogP contribution in [-0.4, -0.2) is 0 Å². The number of fused-ring (bicyclic) bond motifs is 3. The van der Waals surface area contributed by atoms with Crippen molar-refractivity contribution in [3.63, 3.8) is 0 Å². The van der Waals surface area contributed by atoms with Crippen molar-refractivity contribution in [3.05, 3.63) is 196 Å². The molecule has 0 fully saturated rings. The number of rotatable bonds is 5. The Kier molecular flexibility index (Phi) is 8.38. The number of benzene rings is 6. The lowest BCUT2D eigenvalue weighted by atomic mass is 9.70. The van der Waals surface area contributed by atoms with Crippen molar-refractivity contribution < 1.29 is 14.2 Å². The molecule has 9 atom stereocenters. The Hall–Kier alpha value is -5.28. The first-order valence-corrected chi connectivity index (χ1v) is 19.0. The van der Waals surface area contributed by atoms with Gasteiger partial charge in [0.2, 0.25) is 0 Å². The second-order valence-electron chi connectivity index (χ2n) is 15.2. The van der Waals surface area contributed by atoms with Gasteiger partial charge in [-0.05, 0) is 34.2 Å². The number of para-hydroxylation sites is 3. The van der Waals surface area contributed by atoms with E-state index in [0.717, 1.165) is 17.2 Å². The molecule has 0 spiro atoms. The molecule has 260 valence electrons. The van der Waals surface area contributed by atoms with Crippen molar-refractivity contribution in [1.29, 1.82) is 0 Å². The number of ether oxygens (including phenoxy) is 3. The van der Waals surface area contributed by atoms with Crippen LogP contribution in [0.1, 0.15) is 108 Å². The zero-order valence-corrected chi connectivity index (χ0v) is 30.4. The second kappa shape index (κ2) is 13.4. The van der Waals surface area contributed by atoms with Gasteiger partial charge in [-0.1, -0.05) is 173 Å². The van der Waals surface area contributed by atoms with Gasteiger partial charge < -0.3 is 14.2 Å². The molecule has 3 aliphatic rings. The van der Waals surface area contributed by atoms with E-state index >= 15 is 0 Å². The highest BCUT2D eigenvalue weighted by Gasteiger charge is 2.45. The quantitative estimate of drug-likeness (QED) is 0.181. The van der Waals surface area contributed by atoms with Gasteiger partial charge in [0.15, 0.2) is 0 Å². The molecule has 3 nitrogen and oxygen atoms in total. The fourth-order valence-electron chi connectivity index (χ4n) is 9.48. The molecular formula is C49H46O3. The summed E-state index contributed by atoms with van der Waals surface area (Å²) in [4.78, 5) is 0. The van der Waals surface area contributed by atoms with Gasteiger partial charge in [-0.15, -0.1) is 0 Å². The predicted molar refractivity (Wildman–Crippen MR) is 208 cm³/mol. The summed E-state index contributed by atoms with van der Waals surface area (Å²) < 4.78 is 21.4. The van der Waals surface area contributed by atoms with E-state index < -0.39 is 0 Å². The molecular weight excluding hydrogens is 637 g/mol. The molecule has 0 radical (unpaired) electrons. The molecule has 0 aromatic heterocycles. The minimum Gasteiger partial charge on any atom is -0.485 e. The van der Waals surface area contributed by atoms with Gasteiger partial charge in [-0.3, -0.25) is 0 Å². The Balaban J connectivity index is 1.23. The van der Waals surface area contributed by atoms with E-state index in [1.165, 1.54) is 44.5 Å². The van der Waals surface area contributed by atoms with Crippen LogP contribution >= 0.6 is 0 Å². The van der Waals surface area contributed by atoms with Crippen LogP contribution in [0.2, 0.25) is 0 Å². The van der Waals surface area contributed by atoms with E-state index in [9.17, 15) is 0 Å². The third-order valence-corrected chi connectivity index (χ3v) is 12.3. The molecule has 0 amide bonds. The molecule has 3 aliphatic heterocycles. The summed E-state index contributed by atoms with van der Waals surface area (Å²) in [6.07, 6.45) is -0.255. The second-order valence-corrected chi connectivity index (χ2v) is 15.2. The molecule has 0 N–H and O–H groups in total. The molecule has 0 aliphatic carbocycles. The van der Waals surface area contributed by atoms with Gasteiger partial charge in [0.1, 0.15) is 35.6 Å². The lowest BCUT2D eigenvalue weighted by Gasteiger charge is -2.44. The lowest BCUT2D eigenvalue weighted by molar-refractivity contribution is 0.0902. The van der Waals surface area contributed by atoms with E-state index in [1.54, 1.807) is 0 Å². The summed E-state index contributed by atoms with van der Waals surface area (Å²) in [5.41, 5.74) is 9.80. The first-order chi connectivity index (χ1) is 25.5. The average Bonchev–Trinajstić information content (AvgIpc) is 3.19. The van der Waals surface area contributed by atoms with E-state index in [1.807, 2.05) is 0 Å². The highest BCUT2D eigenvalue weighted by atomic mass is 16.5. The highest BCUT2D eigenvalue weighted by molar-refractivity contribution is 5.59. The topological polar surface area (TPSA) is 27.7 Å². The van der Waals surface area contributed by atoms with Gasteiger partial charge in [-0.2, -0.15) is 0 Å². The molecule has 3 unspecified atom stereocenters. The van der Waals surface area contributed by atoms with Crippen molar-refractivity contribution in [2.75, 3.05) is 0 Å². The summed E-state index contributed by atoms with van der Waals surface area (Å²) in [6, 6.07) is 54.5. The predicted octanol–water partition coefficient (Wildman–Crippen LogP) is 12.4. The van der Waals surface area contributed by atoms with Crippen LogP contribution < -0.4 is 14.2 Å². The normalized spacial score (nSPS) is 27.5. The van der Waals surface area contributed by atoms with E-state index in [2.05, 4.69) is 179 Å². The van der Waals surface area contributed by atoms with Gasteiger partial charge in [-0.25, -0.2) is 0 Å². The molecule has 52 heavy (non-hydrogen) atoms. The maximum absolute atomic E-state index is 7.36. The smallest absolute Gasteiger partial charge is 0.127 e. The largest absolute Gasteiger partial charge is 0.485 e. The van der Waals surface area contributed by atoms with E-state index in [4.69, 9.17) is 14.2 Å². The van der Waals surface area contributed by atoms with Crippen molar-refractivity contribution in [1.82, 2.24) is 0 Å². The van der Waals surface area contributed by atoms with Crippen LogP contribution in [0.5, 0.6) is 17.2 Å². The average molecular weight is 683 g/mol. The number of hydrogen-bond donors (Lipinski definition) is 0. The zero-order chi connectivity index (χ0) is 35.3. The molecule has 9 rings (SSSR count). The standard InChI is InChI=1S/C49H46O3/c1-30-31(2)45(34-18-8-5-9-19-34)51-48-37(30)25-16-26-40(48)44-33(4)47(36-22-12-7-13-23-36)52-49-39(27-17-28-41(44)49)43-32(3)46(35-20-10-6-11-21-35)50-42-29-15-14-24-38(42)43/h5-33,43-47H,1-4H3/t30-,31-,32-,33-,43-,44+,45?,46?,47?/m1/s1. The van der Waals surface area contributed by atoms with Crippen LogP contribution in [0.15, 0.2) is 152 Å². The van der Waals surface area contributed by atoms with Crippen LogP contribution in [0.3, 0.4) is 0 Å². The van der Waals surface area contributed by atoms with Crippen LogP contribution in [0.25, 0.3) is 0 Å². The molecule has 3 heterocycles. The van der Waals surface area contributed by atoms with Crippen molar-refractivity contribution in [2.45, 2.75) is 63.8 Å². The highest BCUT2D eigenvalue weighted by Crippen LogP contribution is 2.58. The molecule has 0 bridgehead atoms. The molecule has 6 aromatic rings. The Morgan fingerprint density at radius 2 is 0.692 bits per heavy atom. The first-order valence-electron chi connectivity index (χ1n) is 19.0. The molecule has 0 saturated heterocycles. The summed E-state index contributed by atoms with van der Waals surface area (Å²) in [5, 5.41) is 0. The summed E-state index contributed by atoms with van der Waals surface area (Å²) >= 11 is 0.